The third kappa shape index (κ3) is 11.1. The van der Waals surface area contributed by atoms with Gasteiger partial charge in [-0.05, 0) is 4.57 Å². The highest BCUT2D eigenvalue weighted by Gasteiger charge is 2.08. The third-order valence-electron chi connectivity index (χ3n) is 0.663. The second-order valence-corrected chi connectivity index (χ2v) is 3.68. The Morgan fingerprint density at radius 1 is 1.40 bits per heavy atom. The number of rotatable bonds is 2. The van der Waals surface area contributed by atoms with E-state index in [1.165, 1.54) is 20.9 Å². The molecule has 0 spiro atoms. The Morgan fingerprint density at radius 3 is 1.60 bits per heavy atom. The van der Waals surface area contributed by atoms with Crippen LogP contribution in [-0.4, -0.2) is 25.8 Å². The largest absolute Gasteiger partial charge is 0.491 e. The maximum absolute atomic E-state index is 10.5. The van der Waals surface area contributed by atoms with Gasteiger partial charge >= 0.3 is 16.3 Å². The molecular weight excluding hydrogens is 178 g/mol. The molecule has 1 atom stereocenters. The summed E-state index contributed by atoms with van der Waals surface area (Å²) in [5.41, 5.74) is 0. The van der Waals surface area contributed by atoms with Crippen LogP contribution in [0.1, 0.15) is 0 Å². The van der Waals surface area contributed by atoms with Gasteiger partial charge in [-0.3, -0.25) is 4.57 Å². The van der Waals surface area contributed by atoms with Gasteiger partial charge in [0, 0.05) is 20.9 Å². The molecule has 0 amide bonds. The van der Waals surface area contributed by atoms with Gasteiger partial charge in [-0.15, -0.1) is 0 Å². The summed E-state index contributed by atoms with van der Waals surface area (Å²) in [6.45, 7) is 1.41. The molecule has 0 aromatic heterocycles. The molecule has 0 saturated carbocycles. The van der Waals surface area contributed by atoms with Crippen LogP contribution in [0.3, 0.4) is 0 Å². The monoisotopic (exact) mass is 189 g/mol. The lowest BCUT2D eigenvalue weighted by Gasteiger charge is -2.04. The highest BCUT2D eigenvalue weighted by molar-refractivity contribution is 7.52. The van der Waals surface area contributed by atoms with Gasteiger partial charge in [-0.25, -0.2) is 0 Å². The van der Waals surface area contributed by atoms with E-state index in [0.29, 0.717) is 0 Å². The smallest absolute Gasteiger partial charge is 0.312 e. The number of hydrogen-bond donors (Lipinski definition) is 1. The molecule has 0 bridgehead atoms. The summed E-state index contributed by atoms with van der Waals surface area (Å²) in [7, 11) is -1.12. The van der Waals surface area contributed by atoms with Gasteiger partial charge in [0.25, 0.3) is 0 Å². The van der Waals surface area contributed by atoms with Crippen molar-refractivity contribution in [2.45, 2.75) is 0 Å². The predicted octanol–water partition coefficient (Wildman–Crippen LogP) is 1.02. The Bertz CT molecular complexity index is 116. The minimum Gasteiger partial charge on any atom is -0.312 e. The van der Waals surface area contributed by atoms with Crippen molar-refractivity contribution in [1.82, 2.24) is 0 Å². The molecule has 0 aliphatic heterocycles. The maximum Gasteiger partial charge on any atom is 0.491 e. The fraction of sp³-hybridized carbons (Fsp3) is 1.00. The average Bonchev–Trinajstić information content (AvgIpc) is 1.90. The summed E-state index contributed by atoms with van der Waals surface area (Å²) in [5, 5.41) is 0. The van der Waals surface area contributed by atoms with Crippen LogP contribution in [0.4, 0.5) is 0 Å². The van der Waals surface area contributed by atoms with Gasteiger partial charge in [0.05, 0.1) is 0 Å². The highest BCUT2D eigenvalue weighted by atomic mass is 31.2. The van der Waals surface area contributed by atoms with E-state index in [1.54, 1.807) is 0 Å². The molecule has 62 valence electrons. The Hall–Kier alpha value is 0.210. The third-order valence-corrected chi connectivity index (χ3v) is 1.99. The Balaban J connectivity index is 0. The zero-order chi connectivity index (χ0) is 8.62. The van der Waals surface area contributed by atoms with Crippen molar-refractivity contribution in [3.05, 3.63) is 0 Å². The Morgan fingerprint density at radius 2 is 1.60 bits per heavy atom. The first-order chi connectivity index (χ1) is 4.54. The quantitative estimate of drug-likeness (QED) is 0.656. The van der Waals surface area contributed by atoms with E-state index >= 15 is 0 Å². The lowest BCUT2D eigenvalue weighted by Crippen LogP contribution is -1.82. The molecule has 0 fully saturated rings. The summed E-state index contributed by atoms with van der Waals surface area (Å²) in [6, 6.07) is 0. The molecule has 0 aliphatic carbocycles. The summed E-state index contributed by atoms with van der Waals surface area (Å²) in [5.74, 6) is 0. The van der Waals surface area contributed by atoms with Crippen LogP contribution in [0, 0.1) is 0 Å². The van der Waals surface area contributed by atoms with Crippen molar-refractivity contribution in [1.29, 1.82) is 0 Å². The van der Waals surface area contributed by atoms with Gasteiger partial charge in [-0.1, -0.05) is 0 Å². The molecule has 10 heavy (non-hydrogen) atoms. The van der Waals surface area contributed by atoms with Crippen molar-refractivity contribution < 1.29 is 23.1 Å². The summed E-state index contributed by atoms with van der Waals surface area (Å²) in [6.07, 6.45) is 0. The minimum atomic E-state index is -2.65. The van der Waals surface area contributed by atoms with Crippen molar-refractivity contribution in [3.8, 4) is 0 Å². The molecule has 0 aliphatic rings. The second-order valence-electron chi connectivity index (χ2n) is 1.23. The van der Waals surface area contributed by atoms with Gasteiger partial charge in [0.15, 0.2) is 0 Å². The molecular formula is C3H11O5P2+. The van der Waals surface area contributed by atoms with Crippen molar-refractivity contribution in [2.75, 3.05) is 20.9 Å². The van der Waals surface area contributed by atoms with Crippen molar-refractivity contribution >= 4 is 16.3 Å². The van der Waals surface area contributed by atoms with Crippen LogP contribution >= 0.6 is 16.3 Å². The van der Waals surface area contributed by atoms with E-state index in [-0.39, 0.29) is 0 Å². The molecule has 0 radical (unpaired) electrons. The molecule has 5 nitrogen and oxygen atoms in total. The first-order valence-corrected chi connectivity index (χ1v) is 5.08. The molecule has 0 aromatic carbocycles. The lowest BCUT2D eigenvalue weighted by atomic mass is 11.8. The molecule has 1 N–H and O–H groups in total. The zero-order valence-electron chi connectivity index (χ0n) is 6.03. The summed E-state index contributed by atoms with van der Waals surface area (Å²) >= 11 is 0. The van der Waals surface area contributed by atoms with Crippen LogP contribution in [0.5, 0.6) is 0 Å². The fourth-order valence-electron chi connectivity index (χ4n) is 0.0745. The minimum absolute atomic E-state index is 1.17. The van der Waals surface area contributed by atoms with Crippen LogP contribution in [0.25, 0.3) is 0 Å². The zero-order valence-corrected chi connectivity index (χ0v) is 7.92. The van der Waals surface area contributed by atoms with Gasteiger partial charge in [0.1, 0.15) is 0 Å². The first kappa shape index (κ1) is 12.8. The predicted molar refractivity (Wildman–Crippen MR) is 38.8 cm³/mol. The van der Waals surface area contributed by atoms with E-state index in [1.807, 2.05) is 0 Å². The van der Waals surface area contributed by atoms with E-state index in [4.69, 9.17) is 9.46 Å². The normalized spacial score (nSPS) is 10.4. The topological polar surface area (TPSA) is 72.8 Å². The molecule has 1 unspecified atom stereocenters. The standard InChI is InChI=1S/C3H9O3P.HO2P/c1-5-7(3,4)6-2;1-3-2/h1-3H3;3H/p+1. The van der Waals surface area contributed by atoms with Gasteiger partial charge in [0.2, 0.25) is 0 Å². The molecule has 7 heteroatoms. The van der Waals surface area contributed by atoms with E-state index in [9.17, 15) is 4.57 Å². The summed E-state index contributed by atoms with van der Waals surface area (Å²) in [4.78, 5) is 7.04. The van der Waals surface area contributed by atoms with E-state index in [2.05, 4.69) is 9.05 Å². The molecule has 0 aromatic rings. The van der Waals surface area contributed by atoms with E-state index in [0.717, 1.165) is 0 Å². The lowest BCUT2D eigenvalue weighted by molar-refractivity contribution is 0.282. The summed E-state index contributed by atoms with van der Waals surface area (Å²) < 4.78 is 27.9. The number of hydrogen-bond acceptors (Lipinski definition) is 4. The first-order valence-electron chi connectivity index (χ1n) is 2.24. The van der Waals surface area contributed by atoms with Crippen molar-refractivity contribution in [2.24, 2.45) is 0 Å². The Kier molecular flexibility index (Phi) is 9.40. The van der Waals surface area contributed by atoms with E-state index < -0.39 is 16.3 Å². The van der Waals surface area contributed by atoms with Crippen LogP contribution < -0.4 is 0 Å². The second kappa shape index (κ2) is 7.32. The molecule has 0 saturated heterocycles. The van der Waals surface area contributed by atoms with Crippen LogP contribution in [0.15, 0.2) is 0 Å². The van der Waals surface area contributed by atoms with Gasteiger partial charge in [-0.2, -0.15) is 4.89 Å². The Labute approximate surface area is 61.2 Å². The van der Waals surface area contributed by atoms with Gasteiger partial charge < -0.3 is 9.05 Å². The maximum atomic E-state index is 10.5. The fourth-order valence-corrected chi connectivity index (χ4v) is 0.224. The highest BCUT2D eigenvalue weighted by Crippen LogP contribution is 2.40. The average molecular weight is 189 g/mol. The molecule has 0 heterocycles. The molecule has 0 rings (SSSR count). The SMILES string of the molecule is COP(C)(=O)OC.O=[PH+]O. The van der Waals surface area contributed by atoms with Crippen LogP contribution in [0.2, 0.25) is 0 Å². The van der Waals surface area contributed by atoms with Crippen molar-refractivity contribution in [3.63, 3.8) is 0 Å². The van der Waals surface area contributed by atoms with Crippen LogP contribution in [-0.2, 0) is 18.2 Å².